The third kappa shape index (κ3) is 3.80. The lowest BCUT2D eigenvalue weighted by molar-refractivity contribution is -0.199. The average molecular weight is 217 g/mol. The van der Waals surface area contributed by atoms with E-state index in [1.54, 1.807) is 30.3 Å². The Balaban J connectivity index is 2.51. The van der Waals surface area contributed by atoms with Crippen LogP contribution in [-0.2, 0) is 9.63 Å². The van der Waals surface area contributed by atoms with E-state index in [-0.39, 0.29) is 0 Å². The number of halogens is 3. The van der Waals surface area contributed by atoms with Crippen LogP contribution < -0.4 is 0 Å². The van der Waals surface area contributed by atoms with Gasteiger partial charge in [-0.05, 0) is 5.56 Å². The fourth-order valence-electron chi connectivity index (χ4n) is 0.726. The molecule has 80 valence electrons. The van der Waals surface area contributed by atoms with Crippen molar-refractivity contribution < 1.29 is 22.8 Å². The highest BCUT2D eigenvalue weighted by Crippen LogP contribution is 2.16. The van der Waals surface area contributed by atoms with Gasteiger partial charge in [0.15, 0.2) is 0 Å². The minimum absolute atomic E-state index is 0.535. The largest absolute Gasteiger partial charge is 0.493 e. The number of carbonyl (C=O) groups is 1. The average Bonchev–Trinajstić information content (AvgIpc) is 2.18. The highest BCUT2D eigenvalue weighted by Gasteiger charge is 2.41. The summed E-state index contributed by atoms with van der Waals surface area (Å²) in [4.78, 5) is 13.8. The van der Waals surface area contributed by atoms with Crippen molar-refractivity contribution in [1.29, 1.82) is 0 Å². The Hall–Kier alpha value is -1.85. The predicted molar refractivity (Wildman–Crippen MR) is 46.2 cm³/mol. The van der Waals surface area contributed by atoms with Gasteiger partial charge >= 0.3 is 12.1 Å². The van der Waals surface area contributed by atoms with Crippen LogP contribution in [0.2, 0.25) is 0 Å². The molecule has 0 aliphatic carbocycles. The first-order chi connectivity index (χ1) is 7.00. The summed E-state index contributed by atoms with van der Waals surface area (Å²) in [6, 6.07) is 8.29. The molecule has 0 unspecified atom stereocenters. The van der Waals surface area contributed by atoms with E-state index in [0.29, 0.717) is 5.56 Å². The molecule has 3 nitrogen and oxygen atoms in total. The van der Waals surface area contributed by atoms with Crippen LogP contribution in [0.1, 0.15) is 5.56 Å². The second-order valence-electron chi connectivity index (χ2n) is 2.52. The molecule has 0 atom stereocenters. The molecule has 0 saturated carbocycles. The SMILES string of the molecule is O=C(O/N=C/c1ccccc1)C(F)(F)F. The zero-order chi connectivity index (χ0) is 11.3. The standard InChI is InChI=1S/C9H6F3NO2/c10-9(11,12)8(14)15-13-6-7-4-2-1-3-5-7/h1-6H/b13-6+. The lowest BCUT2D eigenvalue weighted by Gasteiger charge is -2.00. The number of benzene rings is 1. The van der Waals surface area contributed by atoms with Crippen LogP contribution in [0.15, 0.2) is 35.5 Å². The zero-order valence-corrected chi connectivity index (χ0v) is 7.36. The van der Waals surface area contributed by atoms with Gasteiger partial charge in [-0.25, -0.2) is 4.79 Å². The maximum atomic E-state index is 11.6. The van der Waals surface area contributed by atoms with Gasteiger partial charge in [0.2, 0.25) is 0 Å². The molecule has 15 heavy (non-hydrogen) atoms. The van der Waals surface area contributed by atoms with Crippen molar-refractivity contribution in [1.82, 2.24) is 0 Å². The van der Waals surface area contributed by atoms with E-state index in [4.69, 9.17) is 0 Å². The Kier molecular flexibility index (Phi) is 3.43. The summed E-state index contributed by atoms with van der Waals surface area (Å²) in [6.45, 7) is 0. The third-order valence-electron chi connectivity index (χ3n) is 1.37. The van der Waals surface area contributed by atoms with Gasteiger partial charge in [0.1, 0.15) is 0 Å². The summed E-state index contributed by atoms with van der Waals surface area (Å²) in [7, 11) is 0. The molecule has 0 aromatic heterocycles. The highest BCUT2D eigenvalue weighted by molar-refractivity contribution is 5.81. The van der Waals surface area contributed by atoms with Crippen LogP contribution in [0.3, 0.4) is 0 Å². The molecule has 6 heteroatoms. The van der Waals surface area contributed by atoms with Gasteiger partial charge in [-0.2, -0.15) is 13.2 Å². The normalized spacial score (nSPS) is 11.7. The van der Waals surface area contributed by atoms with Crippen LogP contribution in [0.4, 0.5) is 13.2 Å². The van der Waals surface area contributed by atoms with E-state index in [0.717, 1.165) is 6.21 Å². The summed E-state index contributed by atoms with van der Waals surface area (Å²) in [6.07, 6.45) is -4.00. The van der Waals surface area contributed by atoms with Gasteiger partial charge in [-0.3, -0.25) is 0 Å². The summed E-state index contributed by atoms with van der Waals surface area (Å²) in [5.41, 5.74) is 0.535. The first-order valence-corrected chi connectivity index (χ1v) is 3.87. The van der Waals surface area contributed by atoms with Crippen molar-refractivity contribution in [3.63, 3.8) is 0 Å². The fraction of sp³-hybridized carbons (Fsp3) is 0.111. The minimum Gasteiger partial charge on any atom is -0.309 e. The molecule has 1 aromatic carbocycles. The number of hydrogen-bond acceptors (Lipinski definition) is 3. The summed E-state index contributed by atoms with van der Waals surface area (Å²) < 4.78 is 34.9. The van der Waals surface area contributed by atoms with E-state index >= 15 is 0 Å². The molecule has 1 aromatic rings. The van der Waals surface area contributed by atoms with Crippen LogP contribution in [0.5, 0.6) is 0 Å². The molecular formula is C9H6F3NO2. The highest BCUT2D eigenvalue weighted by atomic mass is 19.4. The molecule has 0 heterocycles. The Bertz CT molecular complexity index is 359. The van der Waals surface area contributed by atoms with Crippen molar-refractivity contribution in [2.75, 3.05) is 0 Å². The molecule has 1 rings (SSSR count). The van der Waals surface area contributed by atoms with Crippen molar-refractivity contribution in [3.8, 4) is 0 Å². The molecule has 0 N–H and O–H groups in total. The molecule has 0 aliphatic rings. The fourth-order valence-corrected chi connectivity index (χ4v) is 0.726. The smallest absolute Gasteiger partial charge is 0.309 e. The molecule has 0 saturated heterocycles. The van der Waals surface area contributed by atoms with Crippen molar-refractivity contribution in [2.24, 2.45) is 5.16 Å². The Labute approximate surface area is 83.1 Å². The van der Waals surface area contributed by atoms with Gasteiger partial charge < -0.3 is 4.84 Å². The zero-order valence-electron chi connectivity index (χ0n) is 7.36. The van der Waals surface area contributed by atoms with Gasteiger partial charge in [0.25, 0.3) is 0 Å². The van der Waals surface area contributed by atoms with Crippen LogP contribution in [0, 0.1) is 0 Å². The van der Waals surface area contributed by atoms with Gasteiger partial charge in [-0.1, -0.05) is 35.5 Å². The summed E-state index contributed by atoms with van der Waals surface area (Å²) in [5.74, 6) is -2.34. The first kappa shape index (κ1) is 11.2. The van der Waals surface area contributed by atoms with Gasteiger partial charge in [0, 0.05) is 0 Å². The van der Waals surface area contributed by atoms with E-state index in [1.165, 1.54) is 0 Å². The lowest BCUT2D eigenvalue weighted by atomic mass is 10.2. The number of nitrogens with zero attached hydrogens (tertiary/aromatic N) is 1. The molecule has 0 amide bonds. The molecular weight excluding hydrogens is 211 g/mol. The maximum absolute atomic E-state index is 11.6. The maximum Gasteiger partial charge on any atom is 0.493 e. The van der Waals surface area contributed by atoms with Crippen molar-refractivity contribution in [3.05, 3.63) is 35.9 Å². The second kappa shape index (κ2) is 4.59. The lowest BCUT2D eigenvalue weighted by Crippen LogP contribution is -2.23. The number of hydrogen-bond donors (Lipinski definition) is 0. The van der Waals surface area contributed by atoms with E-state index in [2.05, 4.69) is 9.99 Å². The molecule has 0 fully saturated rings. The van der Waals surface area contributed by atoms with Crippen LogP contribution in [0.25, 0.3) is 0 Å². The Morgan fingerprint density at radius 2 is 1.87 bits per heavy atom. The van der Waals surface area contributed by atoms with Crippen molar-refractivity contribution in [2.45, 2.75) is 6.18 Å². The number of carbonyl (C=O) groups excluding carboxylic acids is 1. The van der Waals surface area contributed by atoms with Crippen LogP contribution >= 0.6 is 0 Å². The van der Waals surface area contributed by atoms with Gasteiger partial charge in [0.05, 0.1) is 6.21 Å². The molecule has 0 spiro atoms. The topological polar surface area (TPSA) is 38.7 Å². The third-order valence-corrected chi connectivity index (χ3v) is 1.37. The minimum atomic E-state index is -5.02. The van der Waals surface area contributed by atoms with E-state index in [1.807, 2.05) is 0 Å². The van der Waals surface area contributed by atoms with Crippen molar-refractivity contribution >= 4 is 12.2 Å². The summed E-state index contributed by atoms with van der Waals surface area (Å²) in [5, 5.41) is 2.91. The molecule has 0 aliphatic heterocycles. The Morgan fingerprint density at radius 3 is 2.40 bits per heavy atom. The quantitative estimate of drug-likeness (QED) is 0.432. The number of rotatable bonds is 2. The van der Waals surface area contributed by atoms with E-state index in [9.17, 15) is 18.0 Å². The second-order valence-corrected chi connectivity index (χ2v) is 2.52. The van der Waals surface area contributed by atoms with Crippen LogP contribution in [-0.4, -0.2) is 18.4 Å². The molecule has 0 radical (unpaired) electrons. The number of alkyl halides is 3. The first-order valence-electron chi connectivity index (χ1n) is 3.87. The summed E-state index contributed by atoms with van der Waals surface area (Å²) >= 11 is 0. The van der Waals surface area contributed by atoms with Gasteiger partial charge in [-0.15, -0.1) is 0 Å². The van der Waals surface area contributed by atoms with E-state index < -0.39 is 12.1 Å². The predicted octanol–water partition coefficient (Wildman–Crippen LogP) is 2.13. The number of oxime groups is 1. The molecule has 0 bridgehead atoms. The monoisotopic (exact) mass is 217 g/mol. The Morgan fingerprint density at radius 1 is 1.27 bits per heavy atom.